The monoisotopic (exact) mass is 335 g/mol. The molecule has 1 aliphatic heterocycles. The maximum absolute atomic E-state index is 10.5. The molecule has 0 bridgehead atoms. The zero-order valence-corrected chi connectivity index (χ0v) is 13.9. The summed E-state index contributed by atoms with van der Waals surface area (Å²) in [6.45, 7) is 3.55. The Kier molecular flexibility index (Phi) is 4.54. The predicted molar refractivity (Wildman–Crippen MR) is 91.7 cm³/mol. The highest BCUT2D eigenvalue weighted by Gasteiger charge is 2.23. The molecule has 1 atom stereocenters. The molecule has 0 radical (unpaired) electrons. The molecule has 2 aromatic rings. The number of fused-ring (bicyclic) bond motifs is 1. The van der Waals surface area contributed by atoms with Crippen molar-refractivity contribution in [3.8, 4) is 5.75 Å². The van der Waals surface area contributed by atoms with Gasteiger partial charge in [-0.1, -0.05) is 17.7 Å². The molecule has 5 heteroatoms. The molecular formula is C17H18ClNO2S. The second-order valence-electron chi connectivity index (χ2n) is 5.63. The van der Waals surface area contributed by atoms with E-state index in [-0.39, 0.29) is 0 Å². The van der Waals surface area contributed by atoms with Crippen molar-refractivity contribution in [2.24, 2.45) is 0 Å². The van der Waals surface area contributed by atoms with E-state index in [4.69, 9.17) is 16.3 Å². The van der Waals surface area contributed by atoms with E-state index in [1.54, 1.807) is 11.3 Å². The van der Waals surface area contributed by atoms with Crippen molar-refractivity contribution >= 4 is 29.0 Å². The molecule has 22 heavy (non-hydrogen) atoms. The van der Waals surface area contributed by atoms with E-state index in [2.05, 4.69) is 11.4 Å². The molecular weight excluding hydrogens is 318 g/mol. The molecule has 0 saturated carbocycles. The van der Waals surface area contributed by atoms with Gasteiger partial charge in [0.05, 0.1) is 0 Å². The van der Waals surface area contributed by atoms with Crippen molar-refractivity contribution in [3.05, 3.63) is 56.7 Å². The third kappa shape index (κ3) is 3.52. The van der Waals surface area contributed by atoms with Gasteiger partial charge in [0.25, 0.3) is 0 Å². The van der Waals surface area contributed by atoms with Crippen molar-refractivity contribution in [3.63, 3.8) is 0 Å². The Morgan fingerprint density at radius 1 is 1.41 bits per heavy atom. The number of ether oxygens (including phenoxy) is 1. The smallest absolute Gasteiger partial charge is 0.127 e. The number of halogens is 1. The fraction of sp³-hybridized carbons (Fsp3) is 0.294. The van der Waals surface area contributed by atoms with Gasteiger partial charge in [0.1, 0.15) is 18.0 Å². The Morgan fingerprint density at radius 3 is 3.05 bits per heavy atom. The van der Waals surface area contributed by atoms with Crippen LogP contribution in [0.1, 0.15) is 17.4 Å². The van der Waals surface area contributed by atoms with Crippen LogP contribution in [0.2, 0.25) is 5.02 Å². The lowest BCUT2D eigenvalue weighted by Crippen LogP contribution is -2.36. The van der Waals surface area contributed by atoms with Crippen LogP contribution >= 0.6 is 22.9 Å². The van der Waals surface area contributed by atoms with Crippen LogP contribution in [0, 0.1) is 0 Å². The van der Waals surface area contributed by atoms with E-state index in [0.29, 0.717) is 24.7 Å². The van der Waals surface area contributed by atoms with E-state index >= 15 is 0 Å². The van der Waals surface area contributed by atoms with Crippen molar-refractivity contribution in [1.29, 1.82) is 0 Å². The molecule has 0 saturated heterocycles. The van der Waals surface area contributed by atoms with Crippen molar-refractivity contribution < 1.29 is 9.84 Å². The summed E-state index contributed by atoms with van der Waals surface area (Å²) in [6.07, 6.45) is 2.09. The Morgan fingerprint density at radius 2 is 2.27 bits per heavy atom. The van der Waals surface area contributed by atoms with Gasteiger partial charge >= 0.3 is 0 Å². The molecule has 0 spiro atoms. The summed E-state index contributed by atoms with van der Waals surface area (Å²) in [4.78, 5) is 0.964. The largest absolute Gasteiger partial charge is 0.489 e. The lowest BCUT2D eigenvalue weighted by Gasteiger charge is -2.24. The topological polar surface area (TPSA) is 41.5 Å². The fourth-order valence-corrected chi connectivity index (χ4v) is 3.40. The summed E-state index contributed by atoms with van der Waals surface area (Å²) in [7, 11) is 0. The maximum atomic E-state index is 10.5. The summed E-state index contributed by atoms with van der Waals surface area (Å²) >= 11 is 7.58. The number of thiophene rings is 1. The molecule has 3 rings (SSSR count). The number of benzene rings is 1. The third-order valence-corrected chi connectivity index (χ3v) is 4.98. The quantitative estimate of drug-likeness (QED) is 0.876. The van der Waals surface area contributed by atoms with Gasteiger partial charge in [-0.05, 0) is 48.2 Å². The molecule has 2 heterocycles. The molecule has 2 N–H and O–H groups in total. The van der Waals surface area contributed by atoms with Gasteiger partial charge in [0.15, 0.2) is 0 Å². The van der Waals surface area contributed by atoms with Crippen molar-refractivity contribution in [1.82, 2.24) is 5.32 Å². The molecule has 0 amide bonds. The van der Waals surface area contributed by atoms with Gasteiger partial charge in [0.2, 0.25) is 0 Å². The maximum Gasteiger partial charge on any atom is 0.127 e. The minimum Gasteiger partial charge on any atom is -0.489 e. The number of hydrogen-bond donors (Lipinski definition) is 2. The Hall–Kier alpha value is -1.33. The van der Waals surface area contributed by atoms with Crippen LogP contribution in [0.5, 0.6) is 5.75 Å². The van der Waals surface area contributed by atoms with E-state index in [1.807, 2.05) is 42.6 Å². The van der Waals surface area contributed by atoms with Crippen LogP contribution in [0.15, 0.2) is 41.3 Å². The lowest BCUT2D eigenvalue weighted by atomic mass is 10.0. The van der Waals surface area contributed by atoms with Crippen LogP contribution in [-0.2, 0) is 5.60 Å². The minimum atomic E-state index is -0.856. The highest BCUT2D eigenvalue weighted by atomic mass is 35.5. The Bertz CT molecular complexity index is 680. The molecule has 0 aliphatic carbocycles. The minimum absolute atomic E-state index is 0.493. The normalized spacial score (nSPS) is 16.4. The summed E-state index contributed by atoms with van der Waals surface area (Å²) in [6, 6.07) is 9.52. The molecule has 1 aromatic carbocycles. The van der Waals surface area contributed by atoms with Crippen molar-refractivity contribution in [2.75, 3.05) is 19.7 Å². The summed E-state index contributed by atoms with van der Waals surface area (Å²) in [5, 5.41) is 16.5. The average molecular weight is 336 g/mol. The van der Waals surface area contributed by atoms with Crippen LogP contribution in [0.25, 0.3) is 6.08 Å². The van der Waals surface area contributed by atoms with Crippen LogP contribution < -0.4 is 10.1 Å². The molecule has 1 unspecified atom stereocenters. The van der Waals surface area contributed by atoms with Crippen LogP contribution in [0.4, 0.5) is 0 Å². The van der Waals surface area contributed by atoms with Gasteiger partial charge in [0, 0.05) is 28.6 Å². The lowest BCUT2D eigenvalue weighted by molar-refractivity contribution is 0.0615. The zero-order valence-electron chi connectivity index (χ0n) is 12.3. The van der Waals surface area contributed by atoms with E-state index in [9.17, 15) is 5.11 Å². The first kappa shape index (κ1) is 15.6. The van der Waals surface area contributed by atoms with E-state index < -0.39 is 5.60 Å². The molecule has 1 aromatic heterocycles. The standard InChI is InChI=1S/C17H18ClNO2S/c1-17(20,16-3-2-6-22-16)11-19-9-12-7-13-8-14(18)4-5-15(13)21-10-12/h2-8,19-20H,9-11H2,1H3. The highest BCUT2D eigenvalue weighted by molar-refractivity contribution is 7.10. The zero-order chi connectivity index (χ0) is 15.6. The second-order valence-corrected chi connectivity index (χ2v) is 7.01. The molecule has 0 fully saturated rings. The van der Waals surface area contributed by atoms with Gasteiger partial charge in [-0.2, -0.15) is 0 Å². The summed E-state index contributed by atoms with van der Waals surface area (Å²) in [5.74, 6) is 0.860. The van der Waals surface area contributed by atoms with Crippen LogP contribution in [-0.4, -0.2) is 24.8 Å². The van der Waals surface area contributed by atoms with Gasteiger partial charge in [-0.15, -0.1) is 11.3 Å². The van der Waals surface area contributed by atoms with E-state index in [1.165, 1.54) is 0 Å². The average Bonchev–Trinajstić information content (AvgIpc) is 3.01. The van der Waals surface area contributed by atoms with Crippen molar-refractivity contribution in [2.45, 2.75) is 12.5 Å². The number of hydrogen-bond acceptors (Lipinski definition) is 4. The van der Waals surface area contributed by atoms with Gasteiger partial charge in [-0.25, -0.2) is 0 Å². The Balaban J connectivity index is 1.61. The number of aliphatic hydroxyl groups is 1. The second kappa shape index (κ2) is 6.42. The molecule has 116 valence electrons. The summed E-state index contributed by atoms with van der Waals surface area (Å²) < 4.78 is 5.72. The first-order valence-electron chi connectivity index (χ1n) is 7.13. The Labute approximate surface area is 139 Å². The molecule has 1 aliphatic rings. The first-order valence-corrected chi connectivity index (χ1v) is 8.39. The predicted octanol–water partition coefficient (Wildman–Crippen LogP) is 3.67. The SMILES string of the molecule is CC(O)(CNCC1=Cc2cc(Cl)ccc2OC1)c1cccs1. The van der Waals surface area contributed by atoms with Gasteiger partial charge in [-0.3, -0.25) is 0 Å². The van der Waals surface area contributed by atoms with E-state index in [0.717, 1.165) is 21.8 Å². The fourth-order valence-electron chi connectivity index (χ4n) is 2.44. The summed E-state index contributed by atoms with van der Waals surface area (Å²) in [5.41, 5.74) is 1.28. The third-order valence-electron chi connectivity index (χ3n) is 3.62. The van der Waals surface area contributed by atoms with Gasteiger partial charge < -0.3 is 15.2 Å². The number of nitrogens with one attached hydrogen (secondary N) is 1. The number of rotatable bonds is 5. The first-order chi connectivity index (χ1) is 10.5. The highest BCUT2D eigenvalue weighted by Crippen LogP contribution is 2.29. The molecule has 3 nitrogen and oxygen atoms in total. The van der Waals surface area contributed by atoms with Crippen LogP contribution in [0.3, 0.4) is 0 Å².